The number of aromatic hydroxyl groups is 1. The minimum Gasteiger partial charge on any atom is -0.506 e. The van der Waals surface area contributed by atoms with Crippen LogP contribution >= 0.6 is 12.2 Å². The van der Waals surface area contributed by atoms with Crippen LogP contribution in [-0.2, 0) is 6.54 Å². The van der Waals surface area contributed by atoms with E-state index in [-0.39, 0.29) is 17.8 Å². The molecule has 0 spiro atoms. The molecule has 32 heavy (non-hydrogen) atoms. The molecule has 5 rings (SSSR count). The van der Waals surface area contributed by atoms with Gasteiger partial charge in [-0.05, 0) is 74.1 Å². The molecular weight excluding hydrogens is 420 g/mol. The van der Waals surface area contributed by atoms with Crippen molar-refractivity contribution in [1.82, 2.24) is 19.8 Å². The highest BCUT2D eigenvalue weighted by molar-refractivity contribution is 7.80. The maximum absolute atomic E-state index is 10.5. The number of nitrogens with zero attached hydrogens (tertiary/aromatic N) is 3. The van der Waals surface area contributed by atoms with Gasteiger partial charge in [-0.3, -0.25) is 4.98 Å². The summed E-state index contributed by atoms with van der Waals surface area (Å²) in [6.45, 7) is 4.68. The van der Waals surface area contributed by atoms with Crippen molar-refractivity contribution in [3.8, 4) is 11.4 Å². The number of hydrogen-bond donors (Lipinski definition) is 2. The largest absolute Gasteiger partial charge is 0.506 e. The number of rotatable bonds is 5. The third-order valence-corrected chi connectivity index (χ3v) is 6.37. The zero-order valence-corrected chi connectivity index (χ0v) is 18.7. The number of aryl methyl sites for hydroxylation is 1. The molecule has 0 aliphatic carbocycles. The molecule has 4 heterocycles. The van der Waals surface area contributed by atoms with Crippen LogP contribution in [0.3, 0.4) is 0 Å². The van der Waals surface area contributed by atoms with E-state index in [1.54, 1.807) is 18.5 Å². The standard InChI is InChI=1S/C25H24N4O2S/c1-16-14-19(17(2)29(16)21-10-3-4-11-22(21)30)24-23(20-9-5-6-12-26-20)27-25(32)28(24)15-18-8-7-13-31-18/h3-14,23-24,30H,15H2,1-2H3,(H,27,32)/t23-,24-/m0/s1. The summed E-state index contributed by atoms with van der Waals surface area (Å²) in [4.78, 5) is 6.77. The van der Waals surface area contributed by atoms with Crippen molar-refractivity contribution in [2.75, 3.05) is 0 Å². The molecule has 0 saturated carbocycles. The van der Waals surface area contributed by atoms with Crippen molar-refractivity contribution in [2.24, 2.45) is 0 Å². The van der Waals surface area contributed by atoms with Crippen LogP contribution in [0.25, 0.3) is 5.69 Å². The van der Waals surface area contributed by atoms with Gasteiger partial charge in [-0.2, -0.15) is 0 Å². The van der Waals surface area contributed by atoms with E-state index < -0.39 is 0 Å². The number of phenols is 1. The van der Waals surface area contributed by atoms with Crippen LogP contribution in [0.1, 0.15) is 40.5 Å². The van der Waals surface area contributed by atoms with E-state index in [1.165, 1.54) is 0 Å². The first-order chi connectivity index (χ1) is 15.5. The number of benzene rings is 1. The first-order valence-electron chi connectivity index (χ1n) is 10.5. The smallest absolute Gasteiger partial charge is 0.170 e. The number of nitrogens with one attached hydrogen (secondary N) is 1. The first-order valence-corrected chi connectivity index (χ1v) is 10.9. The van der Waals surface area contributed by atoms with E-state index in [1.807, 2.05) is 48.5 Å². The van der Waals surface area contributed by atoms with Gasteiger partial charge < -0.3 is 24.3 Å². The Labute approximate surface area is 192 Å². The normalized spacial score (nSPS) is 18.2. The number of para-hydroxylation sites is 2. The van der Waals surface area contributed by atoms with Gasteiger partial charge in [0.1, 0.15) is 11.5 Å². The molecule has 0 unspecified atom stereocenters. The summed E-state index contributed by atoms with van der Waals surface area (Å²) in [5.74, 6) is 1.09. The predicted octanol–water partition coefficient (Wildman–Crippen LogP) is 4.96. The molecule has 6 nitrogen and oxygen atoms in total. The lowest BCUT2D eigenvalue weighted by atomic mass is 9.96. The molecule has 3 aromatic heterocycles. The molecule has 0 amide bonds. The Hall–Kier alpha value is -3.58. The third kappa shape index (κ3) is 3.44. The summed E-state index contributed by atoms with van der Waals surface area (Å²) >= 11 is 5.76. The number of pyridine rings is 1. The van der Waals surface area contributed by atoms with Crippen molar-refractivity contribution in [1.29, 1.82) is 0 Å². The van der Waals surface area contributed by atoms with Gasteiger partial charge in [-0.25, -0.2) is 0 Å². The Morgan fingerprint density at radius 1 is 1.09 bits per heavy atom. The summed E-state index contributed by atoms with van der Waals surface area (Å²) in [5, 5.41) is 14.6. The minimum atomic E-state index is -0.114. The van der Waals surface area contributed by atoms with Crippen LogP contribution in [0.4, 0.5) is 0 Å². The Morgan fingerprint density at radius 3 is 2.62 bits per heavy atom. The van der Waals surface area contributed by atoms with Gasteiger partial charge in [0, 0.05) is 17.6 Å². The third-order valence-electron chi connectivity index (χ3n) is 6.02. The highest BCUT2D eigenvalue weighted by Crippen LogP contribution is 2.42. The van der Waals surface area contributed by atoms with Gasteiger partial charge in [0.05, 0.1) is 36.3 Å². The van der Waals surface area contributed by atoms with E-state index in [2.05, 4.69) is 39.7 Å². The number of furan rings is 1. The number of hydrogen-bond acceptors (Lipinski definition) is 4. The molecular formula is C25H24N4O2S. The summed E-state index contributed by atoms with van der Waals surface area (Å²) < 4.78 is 7.72. The van der Waals surface area contributed by atoms with Gasteiger partial charge in [-0.15, -0.1) is 0 Å². The van der Waals surface area contributed by atoms with Gasteiger partial charge in [0.2, 0.25) is 0 Å². The Balaban J connectivity index is 1.64. The summed E-state index contributed by atoms with van der Waals surface area (Å²) in [7, 11) is 0. The molecule has 0 bridgehead atoms. The molecule has 0 radical (unpaired) electrons. The first kappa shape index (κ1) is 20.3. The molecule has 1 aliphatic rings. The van der Waals surface area contributed by atoms with Crippen molar-refractivity contribution in [2.45, 2.75) is 32.5 Å². The van der Waals surface area contributed by atoms with Crippen molar-refractivity contribution in [3.63, 3.8) is 0 Å². The SMILES string of the molecule is Cc1cc([C@H]2[C@H](c3ccccn3)NC(=S)N2Cc2ccco2)c(C)n1-c1ccccc1O. The van der Waals surface area contributed by atoms with Gasteiger partial charge in [0.25, 0.3) is 0 Å². The fraction of sp³-hybridized carbons (Fsp3) is 0.200. The van der Waals surface area contributed by atoms with Crippen LogP contribution in [0.15, 0.2) is 77.5 Å². The Bertz CT molecular complexity index is 1250. The number of phenolic OH excluding ortho intramolecular Hbond substituents is 1. The molecule has 2 N–H and O–H groups in total. The highest BCUT2D eigenvalue weighted by Gasteiger charge is 2.41. The van der Waals surface area contributed by atoms with E-state index in [9.17, 15) is 5.11 Å². The Morgan fingerprint density at radius 2 is 1.91 bits per heavy atom. The number of thiocarbonyl (C=S) groups is 1. The molecule has 7 heteroatoms. The van der Waals surface area contributed by atoms with Crippen LogP contribution in [0.5, 0.6) is 5.75 Å². The highest BCUT2D eigenvalue weighted by atomic mass is 32.1. The van der Waals surface area contributed by atoms with Crippen LogP contribution in [0.2, 0.25) is 0 Å². The van der Waals surface area contributed by atoms with Crippen molar-refractivity contribution < 1.29 is 9.52 Å². The molecule has 4 aromatic rings. The second-order valence-electron chi connectivity index (χ2n) is 7.98. The van der Waals surface area contributed by atoms with Gasteiger partial charge >= 0.3 is 0 Å². The van der Waals surface area contributed by atoms with E-state index >= 15 is 0 Å². The van der Waals surface area contributed by atoms with E-state index in [0.717, 1.165) is 34.1 Å². The monoisotopic (exact) mass is 444 g/mol. The second kappa shape index (κ2) is 8.16. The topological polar surface area (TPSA) is 66.5 Å². The molecule has 1 aromatic carbocycles. The van der Waals surface area contributed by atoms with Gasteiger partial charge in [-0.1, -0.05) is 18.2 Å². The summed E-state index contributed by atoms with van der Waals surface area (Å²) in [5.41, 5.74) is 4.89. The molecule has 1 fully saturated rings. The molecule has 2 atom stereocenters. The second-order valence-corrected chi connectivity index (χ2v) is 8.37. The fourth-order valence-corrected chi connectivity index (χ4v) is 4.90. The minimum absolute atomic E-state index is 0.0895. The zero-order valence-electron chi connectivity index (χ0n) is 17.9. The zero-order chi connectivity index (χ0) is 22.2. The average molecular weight is 445 g/mol. The lowest BCUT2D eigenvalue weighted by Crippen LogP contribution is -2.29. The Kier molecular flexibility index (Phi) is 5.19. The van der Waals surface area contributed by atoms with E-state index in [0.29, 0.717) is 11.7 Å². The van der Waals surface area contributed by atoms with Crippen LogP contribution in [-0.4, -0.2) is 24.7 Å². The number of aromatic nitrogens is 2. The van der Waals surface area contributed by atoms with Crippen LogP contribution < -0.4 is 5.32 Å². The van der Waals surface area contributed by atoms with Crippen LogP contribution in [0, 0.1) is 13.8 Å². The maximum atomic E-state index is 10.5. The summed E-state index contributed by atoms with van der Waals surface area (Å²) in [6.07, 6.45) is 3.48. The molecule has 162 valence electrons. The van der Waals surface area contributed by atoms with Crippen molar-refractivity contribution >= 4 is 17.3 Å². The lowest BCUT2D eigenvalue weighted by molar-refractivity contribution is 0.286. The molecule has 1 aliphatic heterocycles. The van der Waals surface area contributed by atoms with Gasteiger partial charge in [0.15, 0.2) is 5.11 Å². The fourth-order valence-electron chi connectivity index (χ4n) is 4.60. The van der Waals surface area contributed by atoms with Crippen molar-refractivity contribution in [3.05, 3.63) is 102 Å². The molecule has 1 saturated heterocycles. The van der Waals surface area contributed by atoms with E-state index in [4.69, 9.17) is 16.6 Å². The summed E-state index contributed by atoms with van der Waals surface area (Å²) in [6, 6.07) is 19.1. The quantitative estimate of drug-likeness (QED) is 0.424. The maximum Gasteiger partial charge on any atom is 0.170 e. The average Bonchev–Trinajstić information content (AvgIpc) is 3.49. The lowest BCUT2D eigenvalue weighted by Gasteiger charge is -2.27. The predicted molar refractivity (Wildman–Crippen MR) is 127 cm³/mol.